The molecule has 0 aliphatic heterocycles. The van der Waals surface area contributed by atoms with Crippen molar-refractivity contribution in [3.05, 3.63) is 65.2 Å². The number of carbonyl (C=O) groups is 5. The van der Waals surface area contributed by atoms with Crippen LogP contribution in [0.4, 0.5) is 9.18 Å². The standard InChI is InChI=1S/C26H31FN4O8/c27-18-8-4-16(5-9-18)6-10-19-11-7-17(15-29-19)23(34)28-14-2-1-3-20(24(35)36)30-26(39)31-21(25(37)38)12-13-22(32)33/h4-5,7-9,11,15,20-21H,1-3,6,10,12-14H2,(H,28,34)(H,32,33)(H,35,36)(H,37,38)(H2,30,31,39). The molecule has 0 fully saturated rings. The van der Waals surface area contributed by atoms with Crippen molar-refractivity contribution in [3.63, 3.8) is 0 Å². The summed E-state index contributed by atoms with van der Waals surface area (Å²) < 4.78 is 13.0. The average molecular weight is 547 g/mol. The van der Waals surface area contributed by atoms with Crippen molar-refractivity contribution >= 4 is 29.8 Å². The Bertz CT molecular complexity index is 1140. The molecule has 1 heterocycles. The number of nitrogens with one attached hydrogen (secondary N) is 3. The number of halogens is 1. The van der Waals surface area contributed by atoms with Gasteiger partial charge in [0.2, 0.25) is 0 Å². The summed E-state index contributed by atoms with van der Waals surface area (Å²) in [5, 5.41) is 34.1. The second-order valence-electron chi connectivity index (χ2n) is 8.75. The largest absolute Gasteiger partial charge is 0.481 e. The van der Waals surface area contributed by atoms with Gasteiger partial charge >= 0.3 is 23.9 Å². The van der Waals surface area contributed by atoms with Gasteiger partial charge in [-0.3, -0.25) is 14.6 Å². The number of pyridine rings is 1. The van der Waals surface area contributed by atoms with Gasteiger partial charge in [-0.15, -0.1) is 0 Å². The van der Waals surface area contributed by atoms with Gasteiger partial charge in [-0.25, -0.2) is 18.8 Å². The molecule has 2 atom stereocenters. The van der Waals surface area contributed by atoms with Crippen molar-refractivity contribution in [3.8, 4) is 0 Å². The number of carboxylic acid groups (broad SMARTS) is 3. The number of amides is 3. The van der Waals surface area contributed by atoms with Crippen LogP contribution >= 0.6 is 0 Å². The molecule has 2 rings (SSSR count). The third kappa shape index (κ3) is 11.6. The molecule has 39 heavy (non-hydrogen) atoms. The van der Waals surface area contributed by atoms with Gasteiger partial charge in [0.05, 0.1) is 5.56 Å². The molecule has 0 radical (unpaired) electrons. The van der Waals surface area contributed by atoms with Crippen molar-refractivity contribution in [2.24, 2.45) is 0 Å². The molecular formula is C26H31FN4O8. The van der Waals surface area contributed by atoms with Crippen LogP contribution < -0.4 is 16.0 Å². The quantitative estimate of drug-likeness (QED) is 0.171. The van der Waals surface area contributed by atoms with Gasteiger partial charge in [0.25, 0.3) is 5.91 Å². The maximum Gasteiger partial charge on any atom is 0.326 e. The van der Waals surface area contributed by atoms with Gasteiger partial charge in [0.15, 0.2) is 0 Å². The first-order valence-electron chi connectivity index (χ1n) is 12.3. The van der Waals surface area contributed by atoms with Crippen LogP contribution in [0.5, 0.6) is 0 Å². The molecule has 0 saturated heterocycles. The fourth-order valence-electron chi connectivity index (χ4n) is 3.55. The zero-order valence-corrected chi connectivity index (χ0v) is 21.1. The zero-order chi connectivity index (χ0) is 28.8. The number of carbonyl (C=O) groups excluding carboxylic acids is 2. The number of urea groups is 1. The third-order valence-electron chi connectivity index (χ3n) is 5.73. The number of hydrogen-bond acceptors (Lipinski definition) is 6. The van der Waals surface area contributed by atoms with Crippen molar-refractivity contribution in [2.45, 2.75) is 57.0 Å². The van der Waals surface area contributed by atoms with E-state index in [0.717, 1.165) is 11.3 Å². The molecule has 6 N–H and O–H groups in total. The molecule has 3 amide bonds. The summed E-state index contributed by atoms with van der Waals surface area (Å²) in [4.78, 5) is 61.9. The highest BCUT2D eigenvalue weighted by atomic mass is 19.1. The molecule has 12 nitrogen and oxygen atoms in total. The van der Waals surface area contributed by atoms with Gasteiger partial charge in [-0.2, -0.15) is 0 Å². The smallest absolute Gasteiger partial charge is 0.326 e. The van der Waals surface area contributed by atoms with E-state index < -0.39 is 42.4 Å². The normalized spacial score (nSPS) is 12.1. The van der Waals surface area contributed by atoms with Gasteiger partial charge in [-0.05, 0) is 68.4 Å². The SMILES string of the molecule is O=C(O)CCC(NC(=O)NC(CCCCNC(=O)c1ccc(CCc2ccc(F)cc2)nc1)C(=O)O)C(=O)O. The second kappa shape index (κ2) is 15.6. The summed E-state index contributed by atoms with van der Waals surface area (Å²) >= 11 is 0. The molecule has 1 aromatic heterocycles. The van der Waals surface area contributed by atoms with Crippen molar-refractivity contribution in [2.75, 3.05) is 6.54 Å². The molecule has 2 unspecified atom stereocenters. The summed E-state index contributed by atoms with van der Waals surface area (Å²) in [6, 6.07) is 5.77. The number of hydrogen-bond donors (Lipinski definition) is 6. The first-order chi connectivity index (χ1) is 18.5. The number of carboxylic acids is 3. The van der Waals surface area contributed by atoms with Gasteiger partial charge in [-0.1, -0.05) is 12.1 Å². The van der Waals surface area contributed by atoms with E-state index in [1.807, 2.05) is 0 Å². The zero-order valence-electron chi connectivity index (χ0n) is 21.1. The highest BCUT2D eigenvalue weighted by Crippen LogP contribution is 2.09. The number of aliphatic carboxylic acids is 3. The number of unbranched alkanes of at least 4 members (excludes halogenated alkanes) is 1. The average Bonchev–Trinajstić information content (AvgIpc) is 2.89. The summed E-state index contributed by atoms with van der Waals surface area (Å²) in [6.45, 7) is 0.250. The summed E-state index contributed by atoms with van der Waals surface area (Å²) in [5.74, 6) is -4.64. The molecule has 0 spiro atoms. The molecule has 0 aliphatic carbocycles. The first-order valence-corrected chi connectivity index (χ1v) is 12.3. The van der Waals surface area contributed by atoms with E-state index in [-0.39, 0.29) is 31.1 Å². The van der Waals surface area contributed by atoms with Gasteiger partial charge in [0.1, 0.15) is 17.9 Å². The van der Waals surface area contributed by atoms with Crippen LogP contribution in [-0.4, -0.2) is 68.8 Å². The molecule has 210 valence electrons. The number of aryl methyl sites for hydroxylation is 2. The number of benzene rings is 1. The lowest BCUT2D eigenvalue weighted by Crippen LogP contribution is -2.51. The minimum Gasteiger partial charge on any atom is -0.481 e. The Morgan fingerprint density at radius 2 is 1.46 bits per heavy atom. The van der Waals surface area contributed by atoms with E-state index in [9.17, 15) is 33.5 Å². The third-order valence-corrected chi connectivity index (χ3v) is 5.73. The van der Waals surface area contributed by atoms with E-state index in [1.165, 1.54) is 18.3 Å². The Balaban J connectivity index is 1.71. The summed E-state index contributed by atoms with van der Waals surface area (Å²) in [7, 11) is 0. The molecule has 1 aromatic carbocycles. The highest BCUT2D eigenvalue weighted by Gasteiger charge is 2.24. The minimum absolute atomic E-state index is 0.0236. The lowest BCUT2D eigenvalue weighted by atomic mass is 10.1. The number of aromatic nitrogens is 1. The van der Waals surface area contributed by atoms with Crippen molar-refractivity contribution in [1.29, 1.82) is 0 Å². The summed E-state index contributed by atoms with van der Waals surface area (Å²) in [6.07, 6.45) is 2.70. The predicted molar refractivity (Wildman–Crippen MR) is 136 cm³/mol. The van der Waals surface area contributed by atoms with E-state index >= 15 is 0 Å². The molecule has 0 saturated carbocycles. The van der Waals surface area contributed by atoms with Crippen LogP contribution in [0.15, 0.2) is 42.6 Å². The topological polar surface area (TPSA) is 195 Å². The predicted octanol–water partition coefficient (Wildman–Crippen LogP) is 1.98. The first kappa shape index (κ1) is 30.7. The van der Waals surface area contributed by atoms with Gasteiger partial charge in [0, 0.05) is 24.9 Å². The maximum atomic E-state index is 13.0. The molecule has 13 heteroatoms. The van der Waals surface area contributed by atoms with E-state index in [4.69, 9.17) is 10.2 Å². The minimum atomic E-state index is -1.48. The Kier molecular flexibility index (Phi) is 12.3. The van der Waals surface area contributed by atoms with Crippen LogP contribution in [0, 0.1) is 5.82 Å². The van der Waals surface area contributed by atoms with Crippen LogP contribution in [0.25, 0.3) is 0 Å². The Morgan fingerprint density at radius 1 is 0.821 bits per heavy atom. The van der Waals surface area contributed by atoms with E-state index in [1.54, 1.807) is 24.3 Å². The molecular weight excluding hydrogens is 515 g/mol. The van der Waals surface area contributed by atoms with Crippen molar-refractivity contribution < 1.29 is 43.7 Å². The summed E-state index contributed by atoms with van der Waals surface area (Å²) in [5.41, 5.74) is 2.11. The Labute approximate surface area is 223 Å². The van der Waals surface area contributed by atoms with Gasteiger partial charge < -0.3 is 31.3 Å². The fourth-order valence-corrected chi connectivity index (χ4v) is 3.55. The van der Waals surface area contributed by atoms with E-state index in [2.05, 4.69) is 20.9 Å². The van der Waals surface area contributed by atoms with Crippen LogP contribution in [0.3, 0.4) is 0 Å². The van der Waals surface area contributed by atoms with Crippen molar-refractivity contribution in [1.82, 2.24) is 20.9 Å². The molecule has 0 aliphatic rings. The molecule has 0 bridgehead atoms. The van der Waals surface area contributed by atoms with Crippen LogP contribution in [0.2, 0.25) is 0 Å². The van der Waals surface area contributed by atoms with E-state index in [0.29, 0.717) is 31.2 Å². The lowest BCUT2D eigenvalue weighted by Gasteiger charge is -2.18. The Morgan fingerprint density at radius 3 is 2.03 bits per heavy atom. The monoisotopic (exact) mass is 546 g/mol. The number of rotatable bonds is 16. The fraction of sp³-hybridized carbons (Fsp3) is 0.385. The highest BCUT2D eigenvalue weighted by molar-refractivity contribution is 5.93. The Hall–Kier alpha value is -4.55. The van der Waals surface area contributed by atoms with Crippen LogP contribution in [-0.2, 0) is 27.2 Å². The lowest BCUT2D eigenvalue weighted by molar-refractivity contribution is -0.140. The maximum absolute atomic E-state index is 13.0. The second-order valence-corrected chi connectivity index (χ2v) is 8.75. The molecule has 2 aromatic rings. The number of nitrogens with zero attached hydrogens (tertiary/aromatic N) is 1. The van der Waals surface area contributed by atoms with Crippen LogP contribution in [0.1, 0.15) is 53.7 Å².